The topological polar surface area (TPSA) is 39.1 Å². The maximum atomic E-state index is 12.3. The molecule has 0 bridgehead atoms. The molecular weight excluding hydrogens is 329 g/mol. The molecule has 3 rings (SSSR count). The number of pyridine rings is 1. The minimum atomic E-state index is -0.235. The van der Waals surface area contributed by atoms with Gasteiger partial charge in [0.05, 0.1) is 22.0 Å². The summed E-state index contributed by atoms with van der Waals surface area (Å²) in [6.07, 6.45) is 0. The Kier molecular flexibility index (Phi) is 3.85. The van der Waals surface area contributed by atoms with Crippen molar-refractivity contribution in [2.75, 3.05) is 0 Å². The summed E-state index contributed by atoms with van der Waals surface area (Å²) in [7, 11) is 0. The second-order valence-electron chi connectivity index (χ2n) is 4.48. The van der Waals surface area contributed by atoms with Crippen LogP contribution in [0.25, 0.3) is 10.9 Å². The highest BCUT2D eigenvalue weighted by molar-refractivity contribution is 7.20. The number of fused-ring (bicyclic) bond motifs is 1. The van der Waals surface area contributed by atoms with Crippen molar-refractivity contribution in [1.82, 2.24) is 4.57 Å². The first kappa shape index (κ1) is 14.3. The van der Waals surface area contributed by atoms with Gasteiger partial charge in [-0.15, -0.1) is 11.3 Å². The Morgan fingerprint density at radius 1 is 1.14 bits per heavy atom. The highest BCUT2D eigenvalue weighted by atomic mass is 35.5. The van der Waals surface area contributed by atoms with Crippen molar-refractivity contribution in [3.05, 3.63) is 67.1 Å². The fourth-order valence-corrected chi connectivity index (χ4v) is 3.67. The van der Waals surface area contributed by atoms with Crippen molar-refractivity contribution in [2.24, 2.45) is 0 Å². The van der Waals surface area contributed by atoms with Crippen LogP contribution in [0.2, 0.25) is 8.67 Å². The largest absolute Gasteiger partial charge is 0.300 e. The number of rotatable bonds is 3. The molecule has 0 aliphatic heterocycles. The fourth-order valence-electron chi connectivity index (χ4n) is 2.17. The zero-order valence-electron chi connectivity index (χ0n) is 10.7. The van der Waals surface area contributed by atoms with E-state index in [0.29, 0.717) is 14.2 Å². The minimum Gasteiger partial charge on any atom is -0.300 e. The lowest BCUT2D eigenvalue weighted by Crippen LogP contribution is -2.23. The third kappa shape index (κ3) is 2.75. The van der Waals surface area contributed by atoms with Gasteiger partial charge in [-0.25, -0.2) is 0 Å². The highest BCUT2D eigenvalue weighted by Gasteiger charge is 2.16. The Morgan fingerprint density at radius 3 is 2.62 bits per heavy atom. The SMILES string of the molecule is O=C(Cn1c(=O)ccc2ccccc21)c1cc(Cl)sc1Cl. The van der Waals surface area contributed by atoms with E-state index >= 15 is 0 Å². The molecule has 0 aliphatic rings. The number of carbonyl (C=O) groups excluding carboxylic acids is 1. The smallest absolute Gasteiger partial charge is 0.251 e. The summed E-state index contributed by atoms with van der Waals surface area (Å²) in [5.41, 5.74) is 0.849. The number of nitrogens with zero attached hydrogens (tertiary/aromatic N) is 1. The number of aromatic nitrogens is 1. The number of ketones is 1. The molecule has 0 fully saturated rings. The van der Waals surface area contributed by atoms with Gasteiger partial charge >= 0.3 is 0 Å². The van der Waals surface area contributed by atoms with E-state index < -0.39 is 0 Å². The molecule has 21 heavy (non-hydrogen) atoms. The molecule has 2 aromatic heterocycles. The molecule has 0 saturated carbocycles. The van der Waals surface area contributed by atoms with Gasteiger partial charge in [0, 0.05) is 6.07 Å². The molecule has 0 unspecified atom stereocenters. The Labute approximate surface area is 134 Å². The van der Waals surface area contributed by atoms with Crippen LogP contribution in [-0.4, -0.2) is 10.4 Å². The summed E-state index contributed by atoms with van der Waals surface area (Å²) in [6, 6.07) is 12.2. The number of hydrogen-bond acceptors (Lipinski definition) is 3. The summed E-state index contributed by atoms with van der Waals surface area (Å²) in [6.45, 7) is -0.0625. The quantitative estimate of drug-likeness (QED) is 0.670. The van der Waals surface area contributed by atoms with Gasteiger partial charge in [0.15, 0.2) is 5.78 Å². The average molecular weight is 338 g/mol. The van der Waals surface area contributed by atoms with Crippen LogP contribution >= 0.6 is 34.5 Å². The lowest BCUT2D eigenvalue weighted by molar-refractivity contribution is 0.0973. The predicted molar refractivity (Wildman–Crippen MR) is 86.9 cm³/mol. The Hall–Kier alpha value is -1.62. The standard InChI is InChI=1S/C15H9Cl2NO2S/c16-13-7-10(15(17)21-13)12(19)8-18-11-4-2-1-3-9(11)5-6-14(18)20/h1-7H,8H2. The molecule has 0 radical (unpaired) electrons. The number of thiophene rings is 1. The molecule has 0 saturated heterocycles. The summed E-state index contributed by atoms with van der Waals surface area (Å²) in [5.74, 6) is -0.235. The molecule has 0 atom stereocenters. The number of hydrogen-bond donors (Lipinski definition) is 0. The number of benzene rings is 1. The maximum Gasteiger partial charge on any atom is 0.251 e. The van der Waals surface area contributed by atoms with Gasteiger partial charge < -0.3 is 4.57 Å². The summed E-state index contributed by atoms with van der Waals surface area (Å²) in [4.78, 5) is 24.4. The van der Waals surface area contributed by atoms with Crippen molar-refractivity contribution in [2.45, 2.75) is 6.54 Å². The van der Waals surface area contributed by atoms with E-state index in [-0.39, 0.29) is 17.9 Å². The molecule has 0 aliphatic carbocycles. The van der Waals surface area contributed by atoms with Crippen LogP contribution in [0, 0.1) is 0 Å². The molecule has 6 heteroatoms. The number of Topliss-reactive ketones (excluding diaryl/α,β-unsaturated/α-hetero) is 1. The molecule has 0 spiro atoms. The summed E-state index contributed by atoms with van der Waals surface area (Å²) in [5, 5.41) is 0.902. The highest BCUT2D eigenvalue weighted by Crippen LogP contribution is 2.31. The van der Waals surface area contributed by atoms with E-state index in [2.05, 4.69) is 0 Å². The van der Waals surface area contributed by atoms with Crippen LogP contribution in [0.5, 0.6) is 0 Å². The number of halogens is 2. The zero-order chi connectivity index (χ0) is 15.0. The molecule has 0 N–H and O–H groups in total. The first-order valence-electron chi connectivity index (χ1n) is 6.13. The van der Waals surface area contributed by atoms with Gasteiger partial charge in [0.1, 0.15) is 4.34 Å². The monoisotopic (exact) mass is 337 g/mol. The lowest BCUT2D eigenvalue weighted by atomic mass is 10.2. The van der Waals surface area contributed by atoms with Crippen LogP contribution < -0.4 is 5.56 Å². The van der Waals surface area contributed by atoms with Gasteiger partial charge in [0.2, 0.25) is 0 Å². The zero-order valence-corrected chi connectivity index (χ0v) is 13.0. The molecule has 106 valence electrons. The van der Waals surface area contributed by atoms with Gasteiger partial charge in [0.25, 0.3) is 5.56 Å². The van der Waals surface area contributed by atoms with E-state index in [0.717, 1.165) is 22.2 Å². The van der Waals surface area contributed by atoms with Crippen LogP contribution in [0.15, 0.2) is 47.3 Å². The molecule has 3 aromatic rings. The average Bonchev–Trinajstić information content (AvgIpc) is 2.81. The Morgan fingerprint density at radius 2 is 1.90 bits per heavy atom. The number of para-hydroxylation sites is 1. The van der Waals surface area contributed by atoms with Crippen molar-refractivity contribution in [3.63, 3.8) is 0 Å². The molecular formula is C15H9Cl2NO2S. The molecule has 3 nitrogen and oxygen atoms in total. The second kappa shape index (κ2) is 5.64. The first-order valence-corrected chi connectivity index (χ1v) is 7.70. The van der Waals surface area contributed by atoms with E-state index in [9.17, 15) is 9.59 Å². The lowest BCUT2D eigenvalue weighted by Gasteiger charge is -2.08. The Bertz CT molecular complexity index is 898. The van der Waals surface area contributed by atoms with E-state index in [1.807, 2.05) is 24.3 Å². The van der Waals surface area contributed by atoms with Crippen molar-refractivity contribution in [3.8, 4) is 0 Å². The van der Waals surface area contributed by atoms with Gasteiger partial charge in [-0.3, -0.25) is 9.59 Å². The normalized spacial score (nSPS) is 11.0. The van der Waals surface area contributed by atoms with Gasteiger partial charge in [-0.1, -0.05) is 41.4 Å². The van der Waals surface area contributed by atoms with Gasteiger partial charge in [-0.2, -0.15) is 0 Å². The van der Waals surface area contributed by atoms with Crippen molar-refractivity contribution in [1.29, 1.82) is 0 Å². The second-order valence-corrected chi connectivity index (χ2v) is 6.76. The van der Waals surface area contributed by atoms with Crippen LogP contribution in [0.3, 0.4) is 0 Å². The molecule has 0 amide bonds. The predicted octanol–water partition coefficient (Wildman–Crippen LogP) is 4.25. The van der Waals surface area contributed by atoms with E-state index in [1.165, 1.54) is 16.7 Å². The minimum absolute atomic E-state index is 0.0625. The number of carbonyl (C=O) groups is 1. The van der Waals surface area contributed by atoms with Crippen molar-refractivity contribution >= 4 is 51.2 Å². The van der Waals surface area contributed by atoms with Crippen LogP contribution in [0.4, 0.5) is 0 Å². The molecule has 2 heterocycles. The van der Waals surface area contributed by atoms with Crippen LogP contribution in [-0.2, 0) is 6.54 Å². The third-order valence-corrected chi connectivity index (χ3v) is 4.65. The van der Waals surface area contributed by atoms with E-state index in [4.69, 9.17) is 23.2 Å². The third-order valence-electron chi connectivity index (χ3n) is 3.16. The van der Waals surface area contributed by atoms with Gasteiger partial charge in [-0.05, 0) is 23.6 Å². The maximum absolute atomic E-state index is 12.3. The van der Waals surface area contributed by atoms with Crippen LogP contribution in [0.1, 0.15) is 10.4 Å². The Balaban J connectivity index is 2.06. The summed E-state index contributed by atoms with van der Waals surface area (Å²) < 4.78 is 2.24. The van der Waals surface area contributed by atoms with Crippen molar-refractivity contribution < 1.29 is 4.79 Å². The fraction of sp³-hybridized carbons (Fsp3) is 0.0667. The van der Waals surface area contributed by atoms with E-state index in [1.54, 1.807) is 6.07 Å². The molecule has 1 aromatic carbocycles. The first-order chi connectivity index (χ1) is 10.1. The summed E-state index contributed by atoms with van der Waals surface area (Å²) >= 11 is 13.0.